The van der Waals surface area contributed by atoms with Gasteiger partial charge in [0, 0.05) is 11.5 Å². The number of para-hydroxylation sites is 1. The second kappa shape index (κ2) is 7.21. The van der Waals surface area contributed by atoms with E-state index < -0.39 is 0 Å². The molecule has 0 radical (unpaired) electrons. The van der Waals surface area contributed by atoms with Crippen LogP contribution in [0.15, 0.2) is 36.4 Å². The van der Waals surface area contributed by atoms with Gasteiger partial charge in [-0.2, -0.15) is 5.10 Å². The van der Waals surface area contributed by atoms with Crippen molar-refractivity contribution >= 4 is 23.5 Å². The van der Waals surface area contributed by atoms with Crippen LogP contribution in [0.25, 0.3) is 5.69 Å². The molecule has 0 aliphatic carbocycles. The molecule has 1 aromatic heterocycles. The van der Waals surface area contributed by atoms with Crippen molar-refractivity contribution in [2.75, 3.05) is 11.1 Å². The number of carbonyl (C=O) groups excluding carboxylic acids is 1. The summed E-state index contributed by atoms with van der Waals surface area (Å²) in [4.78, 5) is 12.2. The first-order valence-corrected chi connectivity index (χ1v) is 8.89. The summed E-state index contributed by atoms with van der Waals surface area (Å²) in [5.41, 5.74) is 1.81. The minimum absolute atomic E-state index is 0.00115. The number of benzene rings is 1. The Morgan fingerprint density at radius 2 is 1.91 bits per heavy atom. The standard InChI is InChI=1S/C18H25N3OS/c1-13(2)23-12-17(22)19-16-11-15(18(3,4)5)20-21(16)14-9-7-6-8-10-14/h6-11,13H,12H2,1-5H3,(H,19,22). The average molecular weight is 331 g/mol. The molecule has 0 spiro atoms. The summed E-state index contributed by atoms with van der Waals surface area (Å²) in [7, 11) is 0. The van der Waals surface area contributed by atoms with E-state index in [0.717, 1.165) is 17.2 Å². The Kier molecular flexibility index (Phi) is 5.52. The van der Waals surface area contributed by atoms with Crippen LogP contribution in [-0.2, 0) is 10.2 Å². The largest absolute Gasteiger partial charge is 0.310 e. The van der Waals surface area contributed by atoms with Crippen molar-refractivity contribution in [3.8, 4) is 5.69 Å². The van der Waals surface area contributed by atoms with Crippen LogP contribution in [0, 0.1) is 0 Å². The molecular formula is C18H25N3OS. The van der Waals surface area contributed by atoms with Gasteiger partial charge in [-0.15, -0.1) is 11.8 Å². The number of carbonyl (C=O) groups is 1. The Labute approximate surface area is 142 Å². The lowest BCUT2D eigenvalue weighted by Gasteiger charge is -2.14. The zero-order valence-corrected chi connectivity index (χ0v) is 15.3. The average Bonchev–Trinajstić information content (AvgIpc) is 2.90. The minimum atomic E-state index is -0.0772. The van der Waals surface area contributed by atoms with Gasteiger partial charge in [0.05, 0.1) is 17.1 Å². The molecule has 0 aliphatic heterocycles. The lowest BCUT2D eigenvalue weighted by molar-refractivity contribution is -0.113. The smallest absolute Gasteiger partial charge is 0.235 e. The number of nitrogens with zero attached hydrogens (tertiary/aromatic N) is 2. The molecule has 0 saturated carbocycles. The maximum absolute atomic E-state index is 12.2. The molecule has 2 aromatic rings. The van der Waals surface area contributed by atoms with E-state index in [4.69, 9.17) is 5.10 Å². The quantitative estimate of drug-likeness (QED) is 0.891. The van der Waals surface area contributed by atoms with E-state index >= 15 is 0 Å². The van der Waals surface area contributed by atoms with E-state index in [1.807, 2.05) is 36.4 Å². The van der Waals surface area contributed by atoms with Crippen LogP contribution in [0.4, 0.5) is 5.82 Å². The van der Waals surface area contributed by atoms with E-state index in [1.165, 1.54) is 0 Å². The van der Waals surface area contributed by atoms with Crippen molar-refractivity contribution < 1.29 is 4.79 Å². The monoisotopic (exact) mass is 331 g/mol. The maximum atomic E-state index is 12.2. The molecule has 23 heavy (non-hydrogen) atoms. The molecule has 5 heteroatoms. The first-order chi connectivity index (χ1) is 10.8. The first kappa shape index (κ1) is 17.6. The number of anilines is 1. The van der Waals surface area contributed by atoms with Crippen molar-refractivity contribution in [2.45, 2.75) is 45.3 Å². The van der Waals surface area contributed by atoms with Gasteiger partial charge in [0.15, 0.2) is 0 Å². The summed E-state index contributed by atoms with van der Waals surface area (Å²) < 4.78 is 1.80. The molecule has 1 heterocycles. The Bertz CT molecular complexity index is 657. The summed E-state index contributed by atoms with van der Waals surface area (Å²) >= 11 is 1.63. The third-order valence-corrected chi connectivity index (χ3v) is 4.39. The molecule has 1 aromatic carbocycles. The highest BCUT2D eigenvalue weighted by Gasteiger charge is 2.21. The number of rotatable bonds is 5. The SMILES string of the molecule is CC(C)SCC(=O)Nc1cc(C(C)(C)C)nn1-c1ccccc1. The summed E-state index contributed by atoms with van der Waals surface area (Å²) in [5, 5.41) is 8.13. The Balaban J connectivity index is 2.30. The van der Waals surface area contributed by atoms with E-state index in [9.17, 15) is 4.79 Å². The van der Waals surface area contributed by atoms with Gasteiger partial charge in [-0.3, -0.25) is 4.79 Å². The van der Waals surface area contributed by atoms with Gasteiger partial charge in [0.1, 0.15) is 5.82 Å². The van der Waals surface area contributed by atoms with Gasteiger partial charge in [0.25, 0.3) is 0 Å². The van der Waals surface area contributed by atoms with Gasteiger partial charge < -0.3 is 5.32 Å². The fraction of sp³-hybridized carbons (Fsp3) is 0.444. The highest BCUT2D eigenvalue weighted by molar-refractivity contribution is 8.00. The number of hydrogen-bond donors (Lipinski definition) is 1. The molecule has 2 rings (SSSR count). The second-order valence-electron chi connectivity index (χ2n) is 6.82. The second-order valence-corrected chi connectivity index (χ2v) is 8.38. The Morgan fingerprint density at radius 1 is 1.26 bits per heavy atom. The third kappa shape index (κ3) is 4.86. The van der Waals surface area contributed by atoms with Gasteiger partial charge in [-0.1, -0.05) is 52.8 Å². The van der Waals surface area contributed by atoms with E-state index in [2.05, 4.69) is 39.9 Å². The summed E-state index contributed by atoms with van der Waals surface area (Å²) in [6, 6.07) is 11.8. The molecule has 0 aliphatic rings. The van der Waals surface area contributed by atoms with Crippen LogP contribution in [-0.4, -0.2) is 26.7 Å². The molecule has 0 unspecified atom stereocenters. The van der Waals surface area contributed by atoms with Gasteiger partial charge in [-0.25, -0.2) is 4.68 Å². The number of amides is 1. The van der Waals surface area contributed by atoms with Crippen molar-refractivity contribution in [2.24, 2.45) is 0 Å². The fourth-order valence-electron chi connectivity index (χ4n) is 2.02. The predicted octanol–water partition coefficient (Wildman–Crippen LogP) is 4.25. The lowest BCUT2D eigenvalue weighted by atomic mass is 9.92. The van der Waals surface area contributed by atoms with Gasteiger partial charge in [-0.05, 0) is 17.4 Å². The number of hydrogen-bond acceptors (Lipinski definition) is 3. The van der Waals surface area contributed by atoms with Crippen LogP contribution < -0.4 is 5.32 Å². The highest BCUT2D eigenvalue weighted by atomic mass is 32.2. The van der Waals surface area contributed by atoms with Crippen molar-refractivity contribution in [3.05, 3.63) is 42.1 Å². The molecule has 124 valence electrons. The maximum Gasteiger partial charge on any atom is 0.235 e. The van der Waals surface area contributed by atoms with Crippen LogP contribution in [0.2, 0.25) is 0 Å². The number of aromatic nitrogens is 2. The number of nitrogens with one attached hydrogen (secondary N) is 1. The van der Waals surface area contributed by atoms with Crippen molar-refractivity contribution in [3.63, 3.8) is 0 Å². The normalized spacial score (nSPS) is 11.7. The van der Waals surface area contributed by atoms with E-state index in [0.29, 0.717) is 11.0 Å². The molecular weight excluding hydrogens is 306 g/mol. The van der Waals surface area contributed by atoms with Gasteiger partial charge >= 0.3 is 0 Å². The molecule has 4 nitrogen and oxygen atoms in total. The Morgan fingerprint density at radius 3 is 2.48 bits per heavy atom. The molecule has 1 amide bonds. The predicted molar refractivity (Wildman–Crippen MR) is 98.5 cm³/mol. The van der Waals surface area contributed by atoms with Crippen LogP contribution in [0.5, 0.6) is 0 Å². The minimum Gasteiger partial charge on any atom is -0.310 e. The molecule has 0 atom stereocenters. The van der Waals surface area contributed by atoms with Crippen LogP contribution in [0.3, 0.4) is 0 Å². The van der Waals surface area contributed by atoms with Crippen LogP contribution in [0.1, 0.15) is 40.3 Å². The highest BCUT2D eigenvalue weighted by Crippen LogP contribution is 2.26. The summed E-state index contributed by atoms with van der Waals surface area (Å²) in [5.74, 6) is 1.17. The zero-order chi connectivity index (χ0) is 17.0. The molecule has 0 fully saturated rings. The topological polar surface area (TPSA) is 46.9 Å². The van der Waals surface area contributed by atoms with E-state index in [-0.39, 0.29) is 11.3 Å². The first-order valence-electron chi connectivity index (χ1n) is 7.85. The van der Waals surface area contributed by atoms with Crippen molar-refractivity contribution in [1.82, 2.24) is 9.78 Å². The number of thioether (sulfide) groups is 1. The third-order valence-electron chi connectivity index (χ3n) is 3.29. The summed E-state index contributed by atoms with van der Waals surface area (Å²) in [6.45, 7) is 10.5. The van der Waals surface area contributed by atoms with E-state index in [1.54, 1.807) is 16.4 Å². The Hall–Kier alpha value is -1.75. The van der Waals surface area contributed by atoms with Gasteiger partial charge in [0.2, 0.25) is 5.91 Å². The fourth-order valence-corrected chi connectivity index (χ4v) is 2.58. The van der Waals surface area contributed by atoms with Crippen molar-refractivity contribution in [1.29, 1.82) is 0 Å². The van der Waals surface area contributed by atoms with Crippen LogP contribution >= 0.6 is 11.8 Å². The zero-order valence-electron chi connectivity index (χ0n) is 14.5. The molecule has 0 bridgehead atoms. The molecule has 1 N–H and O–H groups in total. The summed E-state index contributed by atoms with van der Waals surface area (Å²) in [6.07, 6.45) is 0. The lowest BCUT2D eigenvalue weighted by Crippen LogP contribution is -2.17. The molecule has 0 saturated heterocycles.